The zero-order valence-electron chi connectivity index (χ0n) is 19.7. The van der Waals surface area contributed by atoms with Crippen molar-refractivity contribution in [2.75, 3.05) is 40.0 Å². The number of urea groups is 1. The summed E-state index contributed by atoms with van der Waals surface area (Å²) in [4.78, 5) is 28.7. The number of halogens is 1. The molecule has 0 radical (unpaired) electrons. The molecular formula is C23H27ClN4O7. The molecule has 0 unspecified atom stereocenters. The summed E-state index contributed by atoms with van der Waals surface area (Å²) >= 11 is 0. The summed E-state index contributed by atoms with van der Waals surface area (Å²) in [6.45, 7) is 0.0879. The third kappa shape index (κ3) is 6.14. The predicted molar refractivity (Wildman–Crippen MR) is 131 cm³/mol. The number of anilines is 1. The zero-order valence-corrected chi connectivity index (χ0v) is 20.5. The maximum atomic E-state index is 12.5. The molecule has 3 amide bonds. The van der Waals surface area contributed by atoms with Gasteiger partial charge in [0.05, 0.1) is 34.1 Å². The van der Waals surface area contributed by atoms with Gasteiger partial charge in [0.15, 0.2) is 11.5 Å². The third-order valence-corrected chi connectivity index (χ3v) is 4.91. The standard InChI is InChI=1S/C23H26N4O7.ClH/c1-30-18-11-15(12-19(31-2)22(18)32-3)21-17(13-34-26-21)14-6-5-7-16(10-14)27(33-4)23(29)25-9-8-20(24)28;/h5-7,10-13H,8-9H2,1-4H3,(H2,24,28)(H,25,29);1H. The molecule has 188 valence electrons. The predicted octanol–water partition coefficient (Wildman–Crippen LogP) is 3.41. The lowest BCUT2D eigenvalue weighted by Gasteiger charge is -2.20. The van der Waals surface area contributed by atoms with E-state index >= 15 is 0 Å². The quantitative estimate of drug-likeness (QED) is 0.399. The van der Waals surface area contributed by atoms with Crippen LogP contribution in [0, 0.1) is 0 Å². The molecule has 0 aliphatic heterocycles. The lowest BCUT2D eigenvalue weighted by molar-refractivity contribution is -0.117. The van der Waals surface area contributed by atoms with E-state index in [-0.39, 0.29) is 25.4 Å². The van der Waals surface area contributed by atoms with Crippen molar-refractivity contribution < 1.29 is 33.2 Å². The zero-order chi connectivity index (χ0) is 24.7. The molecule has 3 N–H and O–H groups in total. The number of carbonyl (C=O) groups is 2. The number of hydrogen-bond donors (Lipinski definition) is 2. The Morgan fingerprint density at radius 2 is 1.71 bits per heavy atom. The first kappa shape index (κ1) is 27.3. The summed E-state index contributed by atoms with van der Waals surface area (Å²) in [5.74, 6) is 0.882. The van der Waals surface area contributed by atoms with E-state index in [1.807, 2.05) is 6.07 Å². The van der Waals surface area contributed by atoms with Crippen molar-refractivity contribution in [3.8, 4) is 39.6 Å². The summed E-state index contributed by atoms with van der Waals surface area (Å²) in [5, 5.41) is 7.81. The molecule has 3 aromatic rings. The highest BCUT2D eigenvalue weighted by Crippen LogP contribution is 2.43. The second kappa shape index (κ2) is 12.5. The number of aromatic nitrogens is 1. The number of rotatable bonds is 10. The van der Waals surface area contributed by atoms with Crippen molar-refractivity contribution >= 4 is 30.0 Å². The van der Waals surface area contributed by atoms with Gasteiger partial charge in [-0.1, -0.05) is 17.3 Å². The van der Waals surface area contributed by atoms with Crippen molar-refractivity contribution in [2.45, 2.75) is 6.42 Å². The van der Waals surface area contributed by atoms with E-state index in [9.17, 15) is 9.59 Å². The molecule has 0 spiro atoms. The number of benzene rings is 2. The van der Waals surface area contributed by atoms with Gasteiger partial charge < -0.3 is 29.8 Å². The lowest BCUT2D eigenvalue weighted by Crippen LogP contribution is -2.40. The van der Waals surface area contributed by atoms with Gasteiger partial charge in [-0.05, 0) is 29.8 Å². The smallest absolute Gasteiger partial charge is 0.346 e. The van der Waals surface area contributed by atoms with Gasteiger partial charge >= 0.3 is 6.03 Å². The van der Waals surface area contributed by atoms with E-state index in [2.05, 4.69) is 10.5 Å². The number of nitrogens with one attached hydrogen (secondary N) is 1. The lowest BCUT2D eigenvalue weighted by atomic mass is 10.0. The fourth-order valence-electron chi connectivity index (χ4n) is 3.34. The largest absolute Gasteiger partial charge is 0.493 e. The second-order valence-electron chi connectivity index (χ2n) is 6.97. The Morgan fingerprint density at radius 3 is 2.29 bits per heavy atom. The van der Waals surface area contributed by atoms with Crippen LogP contribution in [0.2, 0.25) is 0 Å². The number of nitrogens with two attached hydrogens (primary N) is 1. The third-order valence-electron chi connectivity index (χ3n) is 4.91. The molecule has 0 aliphatic carbocycles. The topological polar surface area (TPSA) is 138 Å². The van der Waals surface area contributed by atoms with Gasteiger partial charge in [-0.3, -0.25) is 9.63 Å². The Morgan fingerprint density at radius 1 is 1.03 bits per heavy atom. The number of primary amides is 1. The van der Waals surface area contributed by atoms with Gasteiger partial charge in [-0.25, -0.2) is 4.79 Å². The molecule has 0 atom stereocenters. The second-order valence-corrected chi connectivity index (χ2v) is 6.97. The minimum atomic E-state index is -0.545. The van der Waals surface area contributed by atoms with Crippen LogP contribution in [-0.2, 0) is 9.63 Å². The summed E-state index contributed by atoms with van der Waals surface area (Å²) in [7, 11) is 5.95. The molecule has 35 heavy (non-hydrogen) atoms. The minimum absolute atomic E-state index is 0. The fourth-order valence-corrected chi connectivity index (χ4v) is 3.34. The van der Waals surface area contributed by atoms with Crippen LogP contribution in [0.1, 0.15) is 6.42 Å². The average molecular weight is 507 g/mol. The molecule has 0 fully saturated rings. The monoisotopic (exact) mass is 506 g/mol. The van der Waals surface area contributed by atoms with Gasteiger partial charge in [0.1, 0.15) is 12.0 Å². The summed E-state index contributed by atoms with van der Waals surface area (Å²) in [5.41, 5.74) is 8.16. The number of amides is 3. The molecule has 3 rings (SSSR count). The number of hydroxylamine groups is 1. The number of methoxy groups -OCH3 is 3. The first-order valence-corrected chi connectivity index (χ1v) is 10.2. The first-order chi connectivity index (χ1) is 16.4. The Hall–Kier alpha value is -3.96. The van der Waals surface area contributed by atoms with Crippen LogP contribution in [0.25, 0.3) is 22.4 Å². The number of carbonyl (C=O) groups excluding carboxylic acids is 2. The Kier molecular flexibility index (Phi) is 9.74. The normalized spacial score (nSPS) is 10.2. The maximum absolute atomic E-state index is 12.5. The SMILES string of the molecule is COc1cc(-c2nocc2-c2cccc(N(OC)C(=O)NCCC(N)=O)c2)cc(OC)c1OC.Cl. The van der Waals surface area contributed by atoms with Gasteiger partial charge in [0.2, 0.25) is 11.7 Å². The average Bonchev–Trinajstić information content (AvgIpc) is 3.33. The highest BCUT2D eigenvalue weighted by Gasteiger charge is 2.21. The van der Waals surface area contributed by atoms with E-state index in [4.69, 9.17) is 29.3 Å². The van der Waals surface area contributed by atoms with E-state index in [1.165, 1.54) is 34.7 Å². The van der Waals surface area contributed by atoms with E-state index < -0.39 is 11.9 Å². The number of ether oxygens (including phenoxy) is 3. The van der Waals surface area contributed by atoms with Crippen molar-refractivity contribution in [3.05, 3.63) is 42.7 Å². The van der Waals surface area contributed by atoms with Crippen molar-refractivity contribution in [3.63, 3.8) is 0 Å². The molecule has 11 nitrogen and oxygen atoms in total. The minimum Gasteiger partial charge on any atom is -0.493 e. The van der Waals surface area contributed by atoms with Crippen molar-refractivity contribution in [1.29, 1.82) is 0 Å². The van der Waals surface area contributed by atoms with E-state index in [0.29, 0.717) is 39.8 Å². The Labute approximate surface area is 208 Å². The maximum Gasteiger partial charge on any atom is 0.346 e. The van der Waals surface area contributed by atoms with Gasteiger partial charge in [0, 0.05) is 24.1 Å². The molecule has 1 aromatic heterocycles. The summed E-state index contributed by atoms with van der Waals surface area (Å²) in [6.07, 6.45) is 1.52. The number of nitrogens with zero attached hydrogens (tertiary/aromatic N) is 2. The molecule has 1 heterocycles. The van der Waals surface area contributed by atoms with Crippen LogP contribution in [-0.4, -0.2) is 52.1 Å². The Balaban J connectivity index is 0.00000432. The highest BCUT2D eigenvalue weighted by atomic mass is 35.5. The highest BCUT2D eigenvalue weighted by molar-refractivity contribution is 5.92. The van der Waals surface area contributed by atoms with Crippen molar-refractivity contribution in [2.24, 2.45) is 5.73 Å². The van der Waals surface area contributed by atoms with Gasteiger partial charge in [-0.2, -0.15) is 5.06 Å². The molecule has 0 saturated heterocycles. The molecule has 2 aromatic carbocycles. The number of hydrogen-bond acceptors (Lipinski definition) is 8. The van der Waals surface area contributed by atoms with Crippen LogP contribution in [0.4, 0.5) is 10.5 Å². The van der Waals surface area contributed by atoms with Crippen LogP contribution >= 0.6 is 12.4 Å². The molecule has 0 aliphatic rings. The molecule has 0 bridgehead atoms. The fraction of sp³-hybridized carbons (Fsp3) is 0.261. The van der Waals surface area contributed by atoms with Gasteiger partial charge in [-0.15, -0.1) is 12.4 Å². The van der Waals surface area contributed by atoms with Gasteiger partial charge in [0.25, 0.3) is 0 Å². The van der Waals surface area contributed by atoms with Crippen LogP contribution in [0.5, 0.6) is 17.2 Å². The van der Waals surface area contributed by atoms with Crippen LogP contribution in [0.15, 0.2) is 47.2 Å². The van der Waals surface area contributed by atoms with Crippen LogP contribution in [0.3, 0.4) is 0 Å². The molecule has 12 heteroatoms. The first-order valence-electron chi connectivity index (χ1n) is 10.2. The molecular weight excluding hydrogens is 480 g/mol. The summed E-state index contributed by atoms with van der Waals surface area (Å²) in [6, 6.07) is 10.0. The molecule has 0 saturated carbocycles. The van der Waals surface area contributed by atoms with E-state index in [0.717, 1.165) is 10.6 Å². The van der Waals surface area contributed by atoms with Crippen LogP contribution < -0.4 is 30.3 Å². The van der Waals surface area contributed by atoms with E-state index in [1.54, 1.807) is 30.3 Å². The van der Waals surface area contributed by atoms with Crippen molar-refractivity contribution in [1.82, 2.24) is 10.5 Å². The summed E-state index contributed by atoms with van der Waals surface area (Å²) < 4.78 is 21.5. The Bertz CT molecular complexity index is 1140.